The number of carbonyl (C=O) groups is 1. The van der Waals surface area contributed by atoms with Crippen LogP contribution in [-0.2, 0) is 0 Å². The van der Waals surface area contributed by atoms with Crippen molar-refractivity contribution >= 4 is 17.8 Å². The van der Waals surface area contributed by atoms with E-state index in [0.29, 0.717) is 5.56 Å². The lowest BCUT2D eigenvalue weighted by molar-refractivity contribution is -0.384. The number of carbonyl (C=O) groups excluding carboxylic acids is 1. The van der Waals surface area contributed by atoms with Crippen LogP contribution >= 0.6 is 0 Å². The van der Waals surface area contributed by atoms with Gasteiger partial charge in [0.15, 0.2) is 0 Å². The standard InChI is InChI=1S/C15H13N3O4/c1-10-5-6-14(19)12(7-10)9-16-17-15(20)11-3-2-4-13(8-11)18(21)22/h2-9,19H,1H3,(H,17,20)/b16-9-. The number of benzene rings is 2. The highest BCUT2D eigenvalue weighted by atomic mass is 16.6. The number of nitro groups is 1. The summed E-state index contributed by atoms with van der Waals surface area (Å²) in [6.45, 7) is 1.86. The van der Waals surface area contributed by atoms with E-state index in [4.69, 9.17) is 0 Å². The molecule has 2 aromatic rings. The topological polar surface area (TPSA) is 105 Å². The van der Waals surface area contributed by atoms with E-state index in [1.807, 2.05) is 6.92 Å². The van der Waals surface area contributed by atoms with Crippen LogP contribution in [0, 0.1) is 17.0 Å². The van der Waals surface area contributed by atoms with Crippen molar-refractivity contribution in [3.8, 4) is 5.75 Å². The third kappa shape index (κ3) is 3.66. The molecule has 0 aliphatic rings. The Morgan fingerprint density at radius 1 is 1.32 bits per heavy atom. The molecule has 1 amide bonds. The Balaban J connectivity index is 2.09. The first-order valence-corrected chi connectivity index (χ1v) is 6.35. The van der Waals surface area contributed by atoms with E-state index in [1.165, 1.54) is 30.5 Å². The Bertz CT molecular complexity index is 756. The van der Waals surface area contributed by atoms with Crippen molar-refractivity contribution in [2.24, 2.45) is 5.10 Å². The van der Waals surface area contributed by atoms with Gasteiger partial charge in [-0.2, -0.15) is 5.10 Å². The van der Waals surface area contributed by atoms with Gasteiger partial charge in [-0.15, -0.1) is 0 Å². The summed E-state index contributed by atoms with van der Waals surface area (Å²) in [4.78, 5) is 21.9. The van der Waals surface area contributed by atoms with Crippen LogP contribution in [0.2, 0.25) is 0 Å². The molecular weight excluding hydrogens is 286 g/mol. The number of aryl methyl sites for hydroxylation is 1. The lowest BCUT2D eigenvalue weighted by Gasteiger charge is -2.01. The van der Waals surface area contributed by atoms with Crippen LogP contribution in [0.3, 0.4) is 0 Å². The van der Waals surface area contributed by atoms with Gasteiger partial charge in [0.2, 0.25) is 0 Å². The van der Waals surface area contributed by atoms with Crippen molar-refractivity contribution in [2.45, 2.75) is 6.92 Å². The van der Waals surface area contributed by atoms with E-state index in [-0.39, 0.29) is 17.0 Å². The Morgan fingerprint density at radius 2 is 2.09 bits per heavy atom. The summed E-state index contributed by atoms with van der Waals surface area (Å²) in [5, 5.41) is 24.0. The summed E-state index contributed by atoms with van der Waals surface area (Å²) in [6.07, 6.45) is 1.30. The van der Waals surface area contributed by atoms with E-state index >= 15 is 0 Å². The van der Waals surface area contributed by atoms with Crippen LogP contribution in [0.1, 0.15) is 21.5 Å². The number of phenols is 1. The quantitative estimate of drug-likeness (QED) is 0.513. The zero-order valence-corrected chi connectivity index (χ0v) is 11.7. The molecule has 0 unspecified atom stereocenters. The number of hydrogen-bond donors (Lipinski definition) is 2. The van der Waals surface area contributed by atoms with Gasteiger partial charge in [0, 0.05) is 23.3 Å². The molecule has 0 aliphatic heterocycles. The summed E-state index contributed by atoms with van der Waals surface area (Å²) >= 11 is 0. The number of non-ortho nitro benzene ring substituents is 1. The second kappa shape index (κ2) is 6.49. The van der Waals surface area contributed by atoms with Crippen LogP contribution < -0.4 is 5.43 Å². The van der Waals surface area contributed by atoms with Gasteiger partial charge < -0.3 is 5.11 Å². The number of nitrogens with one attached hydrogen (secondary N) is 1. The lowest BCUT2D eigenvalue weighted by atomic mass is 10.1. The van der Waals surface area contributed by atoms with Gasteiger partial charge in [-0.25, -0.2) is 5.43 Å². The van der Waals surface area contributed by atoms with Gasteiger partial charge in [-0.3, -0.25) is 14.9 Å². The molecule has 112 valence electrons. The predicted molar refractivity (Wildman–Crippen MR) is 81.0 cm³/mol. The van der Waals surface area contributed by atoms with Crippen LogP contribution in [0.4, 0.5) is 5.69 Å². The molecule has 0 bridgehead atoms. The van der Waals surface area contributed by atoms with E-state index in [9.17, 15) is 20.0 Å². The van der Waals surface area contributed by atoms with Crippen LogP contribution in [0.5, 0.6) is 5.75 Å². The highest BCUT2D eigenvalue weighted by molar-refractivity contribution is 5.95. The Hall–Kier alpha value is -3.22. The maximum absolute atomic E-state index is 11.9. The Morgan fingerprint density at radius 3 is 2.82 bits per heavy atom. The van der Waals surface area contributed by atoms with Crippen molar-refractivity contribution in [1.82, 2.24) is 5.43 Å². The molecule has 0 heterocycles. The normalized spacial score (nSPS) is 10.6. The summed E-state index contributed by atoms with van der Waals surface area (Å²) in [7, 11) is 0. The molecule has 2 N–H and O–H groups in total. The molecule has 2 aromatic carbocycles. The fraction of sp³-hybridized carbons (Fsp3) is 0.0667. The fourth-order valence-electron chi connectivity index (χ4n) is 1.76. The highest BCUT2D eigenvalue weighted by Crippen LogP contribution is 2.16. The monoisotopic (exact) mass is 299 g/mol. The summed E-state index contributed by atoms with van der Waals surface area (Å²) in [5.74, 6) is -0.536. The van der Waals surface area contributed by atoms with E-state index in [0.717, 1.165) is 11.6 Å². The third-order valence-corrected chi connectivity index (χ3v) is 2.87. The van der Waals surface area contributed by atoms with Crippen LogP contribution in [0.15, 0.2) is 47.6 Å². The van der Waals surface area contributed by atoms with Crippen LogP contribution in [-0.4, -0.2) is 22.2 Å². The maximum Gasteiger partial charge on any atom is 0.271 e. The first-order valence-electron chi connectivity index (χ1n) is 6.35. The number of phenolic OH excluding ortho intramolecular Hbond substituents is 1. The highest BCUT2D eigenvalue weighted by Gasteiger charge is 2.10. The first kappa shape index (κ1) is 15.2. The average Bonchev–Trinajstić information content (AvgIpc) is 2.50. The van der Waals surface area contributed by atoms with Gasteiger partial charge in [-0.05, 0) is 25.1 Å². The minimum Gasteiger partial charge on any atom is -0.507 e. The molecule has 0 aromatic heterocycles. The summed E-state index contributed by atoms with van der Waals surface area (Å²) in [5.41, 5.74) is 3.60. The third-order valence-electron chi connectivity index (χ3n) is 2.87. The second-order valence-corrected chi connectivity index (χ2v) is 4.57. The lowest BCUT2D eigenvalue weighted by Crippen LogP contribution is -2.17. The molecule has 7 heteroatoms. The fourth-order valence-corrected chi connectivity index (χ4v) is 1.76. The Kier molecular flexibility index (Phi) is 4.47. The summed E-state index contributed by atoms with van der Waals surface area (Å²) < 4.78 is 0. The average molecular weight is 299 g/mol. The van der Waals surface area contributed by atoms with E-state index < -0.39 is 10.8 Å². The molecule has 7 nitrogen and oxygen atoms in total. The largest absolute Gasteiger partial charge is 0.507 e. The van der Waals surface area contributed by atoms with Gasteiger partial charge in [0.25, 0.3) is 11.6 Å². The van der Waals surface area contributed by atoms with Gasteiger partial charge in [-0.1, -0.05) is 17.7 Å². The minimum atomic E-state index is -0.579. The molecule has 0 atom stereocenters. The predicted octanol–water partition coefficient (Wildman–Crippen LogP) is 2.37. The van der Waals surface area contributed by atoms with Gasteiger partial charge in [0.05, 0.1) is 11.1 Å². The van der Waals surface area contributed by atoms with Crippen LogP contribution in [0.25, 0.3) is 0 Å². The van der Waals surface area contributed by atoms with E-state index in [2.05, 4.69) is 10.5 Å². The van der Waals surface area contributed by atoms with Gasteiger partial charge in [0.1, 0.15) is 5.75 Å². The molecule has 2 rings (SSSR count). The molecule has 0 aliphatic carbocycles. The number of amides is 1. The second-order valence-electron chi connectivity index (χ2n) is 4.57. The number of hydrazone groups is 1. The van der Waals surface area contributed by atoms with Crippen molar-refractivity contribution < 1.29 is 14.8 Å². The van der Waals surface area contributed by atoms with Gasteiger partial charge >= 0.3 is 0 Å². The smallest absolute Gasteiger partial charge is 0.271 e. The first-order chi connectivity index (χ1) is 10.5. The SMILES string of the molecule is Cc1ccc(O)c(/C=N\NC(=O)c2cccc([N+](=O)[O-])c2)c1. The number of aromatic hydroxyl groups is 1. The van der Waals surface area contributed by atoms with Crippen molar-refractivity contribution in [3.05, 3.63) is 69.3 Å². The molecule has 0 saturated carbocycles. The number of hydrogen-bond acceptors (Lipinski definition) is 5. The number of rotatable bonds is 4. The molecule has 0 saturated heterocycles. The number of nitro benzene ring substituents is 1. The molecule has 22 heavy (non-hydrogen) atoms. The van der Waals surface area contributed by atoms with Crippen molar-refractivity contribution in [1.29, 1.82) is 0 Å². The molecule has 0 spiro atoms. The zero-order valence-electron chi connectivity index (χ0n) is 11.7. The number of nitrogens with zero attached hydrogens (tertiary/aromatic N) is 2. The minimum absolute atomic E-state index is 0.0407. The van der Waals surface area contributed by atoms with Crippen molar-refractivity contribution in [2.75, 3.05) is 0 Å². The summed E-state index contributed by atoms with van der Waals surface area (Å²) in [6, 6.07) is 10.3. The zero-order chi connectivity index (χ0) is 16.1. The molecule has 0 fully saturated rings. The van der Waals surface area contributed by atoms with Crippen molar-refractivity contribution in [3.63, 3.8) is 0 Å². The maximum atomic E-state index is 11.9. The van der Waals surface area contributed by atoms with E-state index in [1.54, 1.807) is 12.1 Å². The molecular formula is C15H13N3O4. The molecule has 0 radical (unpaired) electrons. The Labute approximate surface area is 126 Å².